The molecule has 1 aromatic rings. The van der Waals surface area contributed by atoms with E-state index in [0.29, 0.717) is 6.42 Å². The van der Waals surface area contributed by atoms with Crippen LogP contribution < -0.4 is 5.32 Å². The summed E-state index contributed by atoms with van der Waals surface area (Å²) in [4.78, 5) is 11.5. The summed E-state index contributed by atoms with van der Waals surface area (Å²) >= 11 is 6.81. The Bertz CT molecular complexity index is 464. The quantitative estimate of drug-likeness (QED) is 0.865. The van der Waals surface area contributed by atoms with E-state index in [2.05, 4.69) is 37.2 Å². The number of rotatable bonds is 4. The lowest BCUT2D eigenvalue weighted by molar-refractivity contribution is -0.140. The van der Waals surface area contributed by atoms with Crippen LogP contribution in [0.3, 0.4) is 0 Å². The van der Waals surface area contributed by atoms with Crippen molar-refractivity contribution in [1.29, 1.82) is 0 Å². The maximum Gasteiger partial charge on any atom is 0.314 e. The Labute approximate surface area is 117 Å². The third-order valence-corrected chi connectivity index (χ3v) is 5.25. The minimum absolute atomic E-state index is 0.179. The van der Waals surface area contributed by atoms with Crippen molar-refractivity contribution in [2.24, 2.45) is 5.92 Å². The number of halogens is 2. The first-order valence-electron chi connectivity index (χ1n) is 5.36. The van der Waals surface area contributed by atoms with Crippen molar-refractivity contribution in [3.63, 3.8) is 0 Å². The molecule has 0 aliphatic heterocycles. The van der Waals surface area contributed by atoms with Crippen LogP contribution in [0.15, 0.2) is 27.1 Å². The number of aliphatic carboxylic acids is 1. The highest BCUT2D eigenvalue weighted by Gasteiger charge is 2.61. The van der Waals surface area contributed by atoms with E-state index in [1.165, 1.54) is 0 Å². The first-order chi connectivity index (χ1) is 8.02. The molecule has 2 rings (SSSR count). The summed E-state index contributed by atoms with van der Waals surface area (Å²) in [5, 5.41) is 12.5. The fraction of sp³-hybridized carbons (Fsp3) is 0.417. The summed E-state index contributed by atoms with van der Waals surface area (Å²) in [6.07, 6.45) is 0.706. The summed E-state index contributed by atoms with van der Waals surface area (Å²) in [5.74, 6) is -0.551. The maximum atomic E-state index is 11.5. The van der Waals surface area contributed by atoms with Gasteiger partial charge in [-0.25, -0.2) is 0 Å². The van der Waals surface area contributed by atoms with Crippen LogP contribution in [0.4, 0.5) is 0 Å². The molecule has 0 heterocycles. The van der Waals surface area contributed by atoms with E-state index in [1.807, 2.05) is 25.2 Å². The molecule has 1 aromatic carbocycles. The number of carboxylic acids is 1. The van der Waals surface area contributed by atoms with E-state index in [9.17, 15) is 9.90 Å². The van der Waals surface area contributed by atoms with Gasteiger partial charge in [0.25, 0.3) is 0 Å². The zero-order chi connectivity index (χ0) is 12.6. The number of hydrogen-bond acceptors (Lipinski definition) is 2. The van der Waals surface area contributed by atoms with E-state index < -0.39 is 11.4 Å². The van der Waals surface area contributed by atoms with Crippen molar-refractivity contribution < 1.29 is 9.90 Å². The molecule has 0 unspecified atom stereocenters. The van der Waals surface area contributed by atoms with Gasteiger partial charge in [0.1, 0.15) is 0 Å². The lowest BCUT2D eigenvalue weighted by atomic mass is 9.93. The van der Waals surface area contributed by atoms with Crippen LogP contribution in [0.2, 0.25) is 0 Å². The number of benzene rings is 1. The fourth-order valence-electron chi connectivity index (χ4n) is 2.34. The van der Waals surface area contributed by atoms with Crippen LogP contribution in [-0.2, 0) is 10.2 Å². The number of hydrogen-bond donors (Lipinski definition) is 2. The van der Waals surface area contributed by atoms with Crippen molar-refractivity contribution in [2.45, 2.75) is 11.8 Å². The topological polar surface area (TPSA) is 49.3 Å². The normalized spacial score (nSPS) is 26.9. The van der Waals surface area contributed by atoms with E-state index in [0.717, 1.165) is 21.1 Å². The van der Waals surface area contributed by atoms with Gasteiger partial charge in [-0.3, -0.25) is 4.79 Å². The van der Waals surface area contributed by atoms with Gasteiger partial charge in [0.15, 0.2) is 0 Å². The van der Waals surface area contributed by atoms with Crippen LogP contribution in [0.5, 0.6) is 0 Å². The highest BCUT2D eigenvalue weighted by Crippen LogP contribution is 2.54. The van der Waals surface area contributed by atoms with E-state index in [4.69, 9.17) is 0 Å². The van der Waals surface area contributed by atoms with Gasteiger partial charge in [-0.2, -0.15) is 0 Å². The van der Waals surface area contributed by atoms with Crippen molar-refractivity contribution in [1.82, 2.24) is 5.32 Å². The number of carbonyl (C=O) groups is 1. The number of nitrogens with one attached hydrogen (secondary N) is 1. The van der Waals surface area contributed by atoms with Crippen LogP contribution in [0.25, 0.3) is 0 Å². The molecule has 92 valence electrons. The van der Waals surface area contributed by atoms with Gasteiger partial charge in [0, 0.05) is 8.95 Å². The molecular weight excluding hydrogens is 350 g/mol. The Morgan fingerprint density at radius 1 is 1.53 bits per heavy atom. The molecule has 0 saturated heterocycles. The molecule has 0 amide bonds. The van der Waals surface area contributed by atoms with Gasteiger partial charge in [0.2, 0.25) is 0 Å². The van der Waals surface area contributed by atoms with Gasteiger partial charge < -0.3 is 10.4 Å². The van der Waals surface area contributed by atoms with E-state index in [-0.39, 0.29) is 5.92 Å². The molecule has 1 fully saturated rings. The molecule has 1 saturated carbocycles. The predicted molar refractivity (Wildman–Crippen MR) is 73.2 cm³/mol. The fourth-order valence-corrected chi connectivity index (χ4v) is 2.96. The third kappa shape index (κ3) is 2.16. The van der Waals surface area contributed by atoms with Crippen molar-refractivity contribution >= 4 is 37.8 Å². The molecule has 0 radical (unpaired) electrons. The second-order valence-electron chi connectivity index (χ2n) is 4.36. The van der Waals surface area contributed by atoms with Crippen LogP contribution in [0, 0.1) is 5.92 Å². The Kier molecular flexibility index (Phi) is 3.61. The van der Waals surface area contributed by atoms with Crippen molar-refractivity contribution in [2.75, 3.05) is 13.6 Å². The molecule has 2 atom stereocenters. The van der Waals surface area contributed by atoms with Crippen molar-refractivity contribution in [3.05, 3.63) is 32.7 Å². The lowest BCUT2D eigenvalue weighted by Crippen LogP contribution is -2.26. The van der Waals surface area contributed by atoms with Crippen LogP contribution in [-0.4, -0.2) is 24.7 Å². The van der Waals surface area contributed by atoms with Crippen molar-refractivity contribution in [3.8, 4) is 0 Å². The molecular formula is C12H13Br2NO2. The Hall–Kier alpha value is -0.390. The highest BCUT2D eigenvalue weighted by atomic mass is 79.9. The smallest absolute Gasteiger partial charge is 0.314 e. The lowest BCUT2D eigenvalue weighted by Gasteiger charge is -2.14. The minimum atomic E-state index is -0.730. The largest absolute Gasteiger partial charge is 0.481 e. The summed E-state index contributed by atoms with van der Waals surface area (Å²) < 4.78 is 1.83. The summed E-state index contributed by atoms with van der Waals surface area (Å²) in [7, 11) is 1.85. The molecule has 2 N–H and O–H groups in total. The standard InChI is InChI=1S/C12H13Br2NO2/c1-15-6-8-5-12(8,11(16)17)7-2-3-9(13)10(14)4-7/h2-4,8,15H,5-6H2,1H3,(H,16,17)/t8-,12-/m1/s1. The molecule has 0 bridgehead atoms. The average molecular weight is 363 g/mol. The monoisotopic (exact) mass is 361 g/mol. The maximum absolute atomic E-state index is 11.5. The molecule has 17 heavy (non-hydrogen) atoms. The predicted octanol–water partition coefficient (Wildman–Crippen LogP) is 2.77. The van der Waals surface area contributed by atoms with E-state index >= 15 is 0 Å². The summed E-state index contributed by atoms with van der Waals surface area (Å²) in [6.45, 7) is 0.736. The molecule has 0 spiro atoms. The van der Waals surface area contributed by atoms with Crippen LogP contribution in [0.1, 0.15) is 12.0 Å². The van der Waals surface area contributed by atoms with E-state index in [1.54, 1.807) is 0 Å². The first kappa shape index (κ1) is 13.1. The summed E-state index contributed by atoms with van der Waals surface area (Å²) in [6, 6.07) is 5.67. The minimum Gasteiger partial charge on any atom is -0.481 e. The van der Waals surface area contributed by atoms with Crippen LogP contribution >= 0.6 is 31.9 Å². The average Bonchev–Trinajstić information content (AvgIpc) is 2.98. The Morgan fingerprint density at radius 2 is 2.24 bits per heavy atom. The first-order valence-corrected chi connectivity index (χ1v) is 6.94. The highest BCUT2D eigenvalue weighted by molar-refractivity contribution is 9.13. The third-order valence-electron chi connectivity index (χ3n) is 3.37. The molecule has 5 heteroatoms. The zero-order valence-corrected chi connectivity index (χ0v) is 12.5. The molecule has 0 aromatic heterocycles. The summed E-state index contributed by atoms with van der Waals surface area (Å²) in [5.41, 5.74) is 0.173. The van der Waals surface area contributed by atoms with Gasteiger partial charge >= 0.3 is 5.97 Å². The zero-order valence-electron chi connectivity index (χ0n) is 9.34. The second kappa shape index (κ2) is 4.71. The molecule has 3 nitrogen and oxygen atoms in total. The second-order valence-corrected chi connectivity index (χ2v) is 6.07. The Morgan fingerprint density at radius 3 is 2.76 bits per heavy atom. The van der Waals surface area contributed by atoms with Gasteiger partial charge in [0.05, 0.1) is 5.41 Å². The van der Waals surface area contributed by atoms with Gasteiger partial charge in [-0.05, 0) is 75.5 Å². The SMILES string of the molecule is CNC[C@H]1C[C@@]1(C(=O)O)c1ccc(Br)c(Br)c1. The van der Waals surface area contributed by atoms with Gasteiger partial charge in [-0.1, -0.05) is 6.07 Å². The molecule has 1 aliphatic rings. The molecule has 1 aliphatic carbocycles. The Balaban J connectivity index is 2.36. The van der Waals surface area contributed by atoms with Gasteiger partial charge in [-0.15, -0.1) is 0 Å². The number of carboxylic acid groups (broad SMARTS) is 1.